The van der Waals surface area contributed by atoms with Crippen LogP contribution in [0.15, 0.2) is 52.3 Å². The van der Waals surface area contributed by atoms with Gasteiger partial charge in [-0.25, -0.2) is 4.98 Å². The summed E-state index contributed by atoms with van der Waals surface area (Å²) in [7, 11) is 0. The van der Waals surface area contributed by atoms with Gasteiger partial charge in [0.25, 0.3) is 0 Å². The predicted molar refractivity (Wildman–Crippen MR) is 105 cm³/mol. The molecule has 3 aromatic rings. The predicted octanol–water partition coefficient (Wildman–Crippen LogP) is 6.25. The van der Waals surface area contributed by atoms with Crippen molar-refractivity contribution in [2.45, 2.75) is 13.8 Å². The lowest BCUT2D eigenvalue weighted by Crippen LogP contribution is -1.86. The highest BCUT2D eigenvalue weighted by atomic mass is 79.9. The van der Waals surface area contributed by atoms with Crippen molar-refractivity contribution >= 4 is 38.9 Å². The summed E-state index contributed by atoms with van der Waals surface area (Å²) in [6.07, 6.45) is 1.87. The second-order valence-electron chi connectivity index (χ2n) is 5.58. The zero-order chi connectivity index (χ0) is 17.1. The van der Waals surface area contributed by atoms with Crippen LogP contribution in [0.2, 0.25) is 0 Å². The van der Waals surface area contributed by atoms with Crippen LogP contribution in [0, 0.1) is 25.2 Å². The molecule has 0 fully saturated rings. The average Bonchev–Trinajstić information content (AvgIpc) is 3.04. The van der Waals surface area contributed by atoms with Crippen molar-refractivity contribution in [2.75, 3.05) is 0 Å². The molecule has 24 heavy (non-hydrogen) atoms. The number of aryl methyl sites for hydroxylation is 2. The Balaban J connectivity index is 1.96. The number of hydrogen-bond donors (Lipinski definition) is 0. The molecule has 0 unspecified atom stereocenters. The summed E-state index contributed by atoms with van der Waals surface area (Å²) in [6, 6.07) is 16.5. The molecule has 2 nitrogen and oxygen atoms in total. The van der Waals surface area contributed by atoms with Gasteiger partial charge in [0, 0.05) is 15.4 Å². The summed E-state index contributed by atoms with van der Waals surface area (Å²) in [4.78, 5) is 4.67. The minimum Gasteiger partial charge on any atom is -0.235 e. The van der Waals surface area contributed by atoms with Crippen molar-refractivity contribution in [1.29, 1.82) is 5.26 Å². The number of aromatic nitrogens is 1. The van der Waals surface area contributed by atoms with Crippen LogP contribution in [0.5, 0.6) is 0 Å². The number of nitriles is 1. The van der Waals surface area contributed by atoms with Crippen molar-refractivity contribution in [3.63, 3.8) is 0 Å². The Hall–Kier alpha value is -2.22. The normalized spacial score (nSPS) is 11.3. The molecular weight excluding hydrogens is 380 g/mol. The summed E-state index contributed by atoms with van der Waals surface area (Å²) in [5, 5.41) is 12.3. The van der Waals surface area contributed by atoms with E-state index in [1.165, 1.54) is 22.5 Å². The van der Waals surface area contributed by atoms with Crippen molar-refractivity contribution in [3.8, 4) is 17.3 Å². The van der Waals surface area contributed by atoms with E-state index in [9.17, 15) is 5.26 Å². The Bertz CT molecular complexity index is 947. The Morgan fingerprint density at radius 3 is 2.58 bits per heavy atom. The van der Waals surface area contributed by atoms with E-state index in [4.69, 9.17) is 0 Å². The third-order valence-corrected chi connectivity index (χ3v) is 5.10. The minimum absolute atomic E-state index is 0.582. The zero-order valence-corrected chi connectivity index (χ0v) is 15.8. The van der Waals surface area contributed by atoms with Gasteiger partial charge in [0.1, 0.15) is 11.1 Å². The van der Waals surface area contributed by atoms with Gasteiger partial charge in [-0.1, -0.05) is 51.8 Å². The first-order chi connectivity index (χ1) is 11.6. The van der Waals surface area contributed by atoms with Crippen molar-refractivity contribution in [2.24, 2.45) is 0 Å². The maximum atomic E-state index is 9.51. The Kier molecular flexibility index (Phi) is 4.94. The summed E-state index contributed by atoms with van der Waals surface area (Å²) >= 11 is 4.92. The van der Waals surface area contributed by atoms with Gasteiger partial charge in [-0.2, -0.15) is 5.26 Å². The number of thiazole rings is 1. The van der Waals surface area contributed by atoms with Crippen LogP contribution in [-0.2, 0) is 0 Å². The molecule has 0 saturated carbocycles. The first kappa shape index (κ1) is 16.6. The van der Waals surface area contributed by atoms with Gasteiger partial charge in [-0.05, 0) is 43.2 Å². The Labute approximate surface area is 154 Å². The molecule has 0 saturated heterocycles. The highest BCUT2D eigenvalue weighted by Crippen LogP contribution is 2.29. The maximum absolute atomic E-state index is 9.51. The van der Waals surface area contributed by atoms with Gasteiger partial charge in [-0.15, -0.1) is 11.3 Å². The third-order valence-electron chi connectivity index (χ3n) is 3.69. The fourth-order valence-corrected chi connectivity index (χ4v) is 3.54. The molecule has 2 aromatic carbocycles. The van der Waals surface area contributed by atoms with Gasteiger partial charge < -0.3 is 0 Å². The van der Waals surface area contributed by atoms with Crippen LogP contribution in [0.1, 0.15) is 21.7 Å². The smallest absolute Gasteiger partial charge is 0.134 e. The molecule has 0 N–H and O–H groups in total. The van der Waals surface area contributed by atoms with Crippen molar-refractivity contribution < 1.29 is 0 Å². The molecule has 1 heterocycles. The first-order valence-corrected chi connectivity index (χ1v) is 9.15. The number of benzene rings is 2. The lowest BCUT2D eigenvalue weighted by Gasteiger charge is -2.03. The van der Waals surface area contributed by atoms with Crippen LogP contribution in [-0.4, -0.2) is 4.98 Å². The monoisotopic (exact) mass is 394 g/mol. The highest BCUT2D eigenvalue weighted by molar-refractivity contribution is 9.10. The molecule has 0 radical (unpaired) electrons. The van der Waals surface area contributed by atoms with E-state index in [2.05, 4.69) is 59.0 Å². The summed E-state index contributed by atoms with van der Waals surface area (Å²) in [5.74, 6) is 0. The highest BCUT2D eigenvalue weighted by Gasteiger charge is 2.10. The van der Waals surface area contributed by atoms with Gasteiger partial charge in [-0.3, -0.25) is 0 Å². The molecular formula is C20H15BrN2S. The fourth-order valence-electron chi connectivity index (χ4n) is 2.49. The van der Waals surface area contributed by atoms with Gasteiger partial charge in [0.05, 0.1) is 11.3 Å². The molecule has 0 atom stereocenters. The van der Waals surface area contributed by atoms with Crippen LogP contribution in [0.4, 0.5) is 0 Å². The SMILES string of the molecule is Cc1ccc(-c2csc(/C(C#N)=C\c3ccc(Br)cc3)n2)c(C)c1. The molecule has 0 aliphatic heterocycles. The quantitative estimate of drug-likeness (QED) is 0.491. The molecule has 0 spiro atoms. The third kappa shape index (κ3) is 3.64. The summed E-state index contributed by atoms with van der Waals surface area (Å²) in [5.41, 5.74) is 6.03. The Morgan fingerprint density at radius 1 is 1.17 bits per heavy atom. The fraction of sp³-hybridized carbons (Fsp3) is 0.100. The average molecular weight is 395 g/mol. The van der Waals surface area contributed by atoms with Crippen LogP contribution in [0.3, 0.4) is 0 Å². The number of allylic oxidation sites excluding steroid dienone is 1. The largest absolute Gasteiger partial charge is 0.235 e. The second kappa shape index (κ2) is 7.12. The molecule has 0 amide bonds. The van der Waals surface area contributed by atoms with Crippen LogP contribution in [0.25, 0.3) is 22.9 Å². The Morgan fingerprint density at radius 2 is 1.92 bits per heavy atom. The number of nitrogens with zero attached hydrogens (tertiary/aromatic N) is 2. The first-order valence-electron chi connectivity index (χ1n) is 7.48. The van der Waals surface area contributed by atoms with E-state index < -0.39 is 0 Å². The molecule has 0 aliphatic rings. The van der Waals surface area contributed by atoms with E-state index in [0.29, 0.717) is 5.57 Å². The molecule has 118 valence electrons. The molecule has 4 heteroatoms. The lowest BCUT2D eigenvalue weighted by molar-refractivity contribution is 1.32. The van der Waals surface area contributed by atoms with Gasteiger partial charge in [0.15, 0.2) is 0 Å². The molecule has 1 aromatic heterocycles. The minimum atomic E-state index is 0.582. The van der Waals surface area contributed by atoms with E-state index in [1.807, 2.05) is 35.7 Å². The number of halogens is 1. The van der Waals surface area contributed by atoms with E-state index >= 15 is 0 Å². The lowest BCUT2D eigenvalue weighted by atomic mass is 10.0. The molecule has 0 bridgehead atoms. The van der Waals surface area contributed by atoms with E-state index in [0.717, 1.165) is 26.3 Å². The standard InChI is InChI=1S/C20H15BrN2S/c1-13-3-8-18(14(2)9-13)19-12-24-20(23-19)16(11-22)10-15-4-6-17(21)7-5-15/h3-10,12H,1-2H3/b16-10-. The molecule has 3 rings (SSSR count). The second-order valence-corrected chi connectivity index (χ2v) is 7.35. The van der Waals surface area contributed by atoms with E-state index in [1.54, 1.807) is 0 Å². The van der Waals surface area contributed by atoms with E-state index in [-0.39, 0.29) is 0 Å². The van der Waals surface area contributed by atoms with Crippen LogP contribution < -0.4 is 0 Å². The van der Waals surface area contributed by atoms with Crippen molar-refractivity contribution in [3.05, 3.63) is 74.0 Å². The topological polar surface area (TPSA) is 36.7 Å². The van der Waals surface area contributed by atoms with Crippen molar-refractivity contribution in [1.82, 2.24) is 4.98 Å². The molecule has 0 aliphatic carbocycles. The van der Waals surface area contributed by atoms with Gasteiger partial charge >= 0.3 is 0 Å². The van der Waals surface area contributed by atoms with Crippen LogP contribution >= 0.6 is 27.3 Å². The van der Waals surface area contributed by atoms with Gasteiger partial charge in [0.2, 0.25) is 0 Å². The zero-order valence-electron chi connectivity index (χ0n) is 13.4. The maximum Gasteiger partial charge on any atom is 0.134 e. The summed E-state index contributed by atoms with van der Waals surface area (Å²) < 4.78 is 1.02. The number of hydrogen-bond acceptors (Lipinski definition) is 3. The number of rotatable bonds is 3. The summed E-state index contributed by atoms with van der Waals surface area (Å²) in [6.45, 7) is 4.17.